The van der Waals surface area contributed by atoms with Crippen LogP contribution in [0.15, 0.2) is 45.3 Å². The molecule has 0 saturated heterocycles. The molecule has 0 fully saturated rings. The predicted octanol–water partition coefficient (Wildman–Crippen LogP) is 6.13. The minimum Gasteiger partial charge on any atom is -0.380 e. The third kappa shape index (κ3) is 3.64. The fourth-order valence-electron chi connectivity index (χ4n) is 1.49. The quantitative estimate of drug-likeness (QED) is 0.642. The van der Waals surface area contributed by atoms with Crippen molar-refractivity contribution in [3.05, 3.63) is 61.0 Å². The van der Waals surface area contributed by atoms with Crippen molar-refractivity contribution in [1.29, 1.82) is 0 Å². The first-order valence-corrected chi connectivity index (χ1v) is 7.53. The summed E-state index contributed by atoms with van der Waals surface area (Å²) < 4.78 is 1.95. The van der Waals surface area contributed by atoms with Crippen LogP contribution in [0.4, 0.5) is 5.69 Å². The highest BCUT2D eigenvalue weighted by atomic mass is 79.9. The van der Waals surface area contributed by atoms with Crippen molar-refractivity contribution in [1.82, 2.24) is 0 Å². The zero-order valence-corrected chi connectivity index (χ0v) is 13.9. The molecule has 2 aromatic carbocycles. The standard InChI is InChI=1S/C13H9Br2Cl2N/c14-9-2-1-8(12(17)5-9)7-18-13-6-10(15)3-4-11(13)16/h1-6,18H,7H2. The van der Waals surface area contributed by atoms with Crippen LogP contribution in [0, 0.1) is 0 Å². The molecule has 0 atom stereocenters. The number of hydrogen-bond acceptors (Lipinski definition) is 1. The smallest absolute Gasteiger partial charge is 0.0638 e. The average molecular weight is 410 g/mol. The molecule has 18 heavy (non-hydrogen) atoms. The highest BCUT2D eigenvalue weighted by Crippen LogP contribution is 2.27. The SMILES string of the molecule is Clc1cc(Br)ccc1CNc1cc(Br)ccc1Cl. The van der Waals surface area contributed by atoms with E-state index in [4.69, 9.17) is 23.2 Å². The molecule has 0 aliphatic carbocycles. The Morgan fingerprint density at radius 1 is 0.889 bits per heavy atom. The normalized spacial score (nSPS) is 10.4. The van der Waals surface area contributed by atoms with Gasteiger partial charge in [0.05, 0.1) is 10.7 Å². The molecule has 1 N–H and O–H groups in total. The van der Waals surface area contributed by atoms with Gasteiger partial charge in [0.1, 0.15) is 0 Å². The summed E-state index contributed by atoms with van der Waals surface area (Å²) in [5.74, 6) is 0. The molecule has 5 heteroatoms. The number of hydrogen-bond donors (Lipinski definition) is 1. The third-order valence-electron chi connectivity index (χ3n) is 2.41. The molecule has 0 unspecified atom stereocenters. The monoisotopic (exact) mass is 407 g/mol. The Hall–Kier alpha value is -0.220. The second-order valence-electron chi connectivity index (χ2n) is 3.71. The molecule has 94 valence electrons. The van der Waals surface area contributed by atoms with E-state index < -0.39 is 0 Å². The Bertz CT molecular complexity index is 573. The first-order chi connectivity index (χ1) is 8.56. The van der Waals surface area contributed by atoms with Crippen molar-refractivity contribution in [2.24, 2.45) is 0 Å². The number of benzene rings is 2. The summed E-state index contributed by atoms with van der Waals surface area (Å²) in [5, 5.41) is 4.68. The highest BCUT2D eigenvalue weighted by Gasteiger charge is 2.04. The van der Waals surface area contributed by atoms with Gasteiger partial charge in [-0.3, -0.25) is 0 Å². The van der Waals surface area contributed by atoms with Crippen molar-refractivity contribution in [2.45, 2.75) is 6.54 Å². The van der Waals surface area contributed by atoms with E-state index in [2.05, 4.69) is 37.2 Å². The number of halogens is 4. The predicted molar refractivity (Wildman–Crippen MR) is 85.6 cm³/mol. The van der Waals surface area contributed by atoms with E-state index in [-0.39, 0.29) is 0 Å². The first-order valence-electron chi connectivity index (χ1n) is 5.19. The molecule has 2 rings (SSSR count). The molecule has 0 heterocycles. The number of nitrogens with one attached hydrogen (secondary N) is 1. The van der Waals surface area contributed by atoms with Crippen molar-refractivity contribution in [3.8, 4) is 0 Å². The fourth-order valence-corrected chi connectivity index (χ4v) is 2.77. The summed E-state index contributed by atoms with van der Waals surface area (Å²) in [6.45, 7) is 0.627. The summed E-state index contributed by atoms with van der Waals surface area (Å²) in [6.07, 6.45) is 0. The van der Waals surface area contributed by atoms with Crippen molar-refractivity contribution < 1.29 is 0 Å². The van der Waals surface area contributed by atoms with Crippen LogP contribution < -0.4 is 5.32 Å². The maximum Gasteiger partial charge on any atom is 0.0638 e. The Balaban J connectivity index is 2.13. The van der Waals surface area contributed by atoms with Gasteiger partial charge in [-0.05, 0) is 35.9 Å². The lowest BCUT2D eigenvalue weighted by molar-refractivity contribution is 1.15. The van der Waals surface area contributed by atoms with Crippen LogP contribution in [-0.4, -0.2) is 0 Å². The number of rotatable bonds is 3. The Kier molecular flexibility index (Phi) is 4.96. The lowest BCUT2D eigenvalue weighted by Crippen LogP contribution is -2.00. The average Bonchev–Trinajstić information content (AvgIpc) is 2.32. The van der Waals surface area contributed by atoms with Gasteiger partial charge in [-0.1, -0.05) is 61.1 Å². The van der Waals surface area contributed by atoms with Gasteiger partial charge in [0.2, 0.25) is 0 Å². The Morgan fingerprint density at radius 3 is 2.28 bits per heavy atom. The number of anilines is 1. The van der Waals surface area contributed by atoms with Gasteiger partial charge in [-0.2, -0.15) is 0 Å². The molecule has 0 radical (unpaired) electrons. The van der Waals surface area contributed by atoms with Crippen LogP contribution in [0.1, 0.15) is 5.56 Å². The van der Waals surface area contributed by atoms with Gasteiger partial charge < -0.3 is 5.32 Å². The van der Waals surface area contributed by atoms with Gasteiger partial charge in [0.15, 0.2) is 0 Å². The van der Waals surface area contributed by atoms with E-state index in [0.717, 1.165) is 25.2 Å². The Morgan fingerprint density at radius 2 is 1.56 bits per heavy atom. The lowest BCUT2D eigenvalue weighted by atomic mass is 10.2. The summed E-state index contributed by atoms with van der Waals surface area (Å²) in [6, 6.07) is 11.5. The topological polar surface area (TPSA) is 12.0 Å². The summed E-state index contributed by atoms with van der Waals surface area (Å²) in [4.78, 5) is 0. The zero-order valence-electron chi connectivity index (χ0n) is 9.18. The largest absolute Gasteiger partial charge is 0.380 e. The molecule has 1 nitrogen and oxygen atoms in total. The Labute approximate surface area is 133 Å². The van der Waals surface area contributed by atoms with E-state index in [1.54, 1.807) is 0 Å². The molecule has 0 bridgehead atoms. The second-order valence-corrected chi connectivity index (χ2v) is 6.36. The first kappa shape index (κ1) is 14.2. The van der Waals surface area contributed by atoms with Gasteiger partial charge in [0.25, 0.3) is 0 Å². The van der Waals surface area contributed by atoms with E-state index in [9.17, 15) is 0 Å². The van der Waals surface area contributed by atoms with Crippen molar-refractivity contribution in [2.75, 3.05) is 5.32 Å². The molecule has 0 aliphatic rings. The fraction of sp³-hybridized carbons (Fsp3) is 0.0769. The van der Waals surface area contributed by atoms with Gasteiger partial charge >= 0.3 is 0 Å². The second kappa shape index (κ2) is 6.29. The van der Waals surface area contributed by atoms with Crippen LogP contribution in [-0.2, 0) is 6.54 Å². The molecule has 0 amide bonds. The zero-order chi connectivity index (χ0) is 13.1. The van der Waals surface area contributed by atoms with E-state index in [0.29, 0.717) is 11.6 Å². The van der Waals surface area contributed by atoms with Crippen LogP contribution in [0.2, 0.25) is 10.0 Å². The molecular weight excluding hydrogens is 401 g/mol. The summed E-state index contributed by atoms with van der Waals surface area (Å²) in [5.41, 5.74) is 1.90. The van der Waals surface area contributed by atoms with E-state index >= 15 is 0 Å². The summed E-state index contributed by atoms with van der Waals surface area (Å²) in [7, 11) is 0. The van der Waals surface area contributed by atoms with Crippen LogP contribution in [0.25, 0.3) is 0 Å². The minimum absolute atomic E-state index is 0.627. The van der Waals surface area contributed by atoms with Gasteiger partial charge in [-0.25, -0.2) is 0 Å². The maximum absolute atomic E-state index is 6.15. The van der Waals surface area contributed by atoms with Crippen LogP contribution in [0.5, 0.6) is 0 Å². The molecular formula is C13H9Br2Cl2N. The highest BCUT2D eigenvalue weighted by molar-refractivity contribution is 9.10. The van der Waals surface area contributed by atoms with Gasteiger partial charge in [0, 0.05) is 20.5 Å². The van der Waals surface area contributed by atoms with E-state index in [1.165, 1.54) is 0 Å². The third-order valence-corrected chi connectivity index (χ3v) is 4.08. The van der Waals surface area contributed by atoms with Crippen molar-refractivity contribution in [3.63, 3.8) is 0 Å². The molecule has 0 aliphatic heterocycles. The molecule has 0 spiro atoms. The van der Waals surface area contributed by atoms with Crippen molar-refractivity contribution >= 4 is 60.7 Å². The molecule has 0 saturated carbocycles. The molecule has 2 aromatic rings. The minimum atomic E-state index is 0.627. The lowest BCUT2D eigenvalue weighted by Gasteiger charge is -2.10. The summed E-state index contributed by atoms with van der Waals surface area (Å²) >= 11 is 19.1. The van der Waals surface area contributed by atoms with Crippen LogP contribution >= 0.6 is 55.1 Å². The molecule has 0 aromatic heterocycles. The van der Waals surface area contributed by atoms with Crippen LogP contribution in [0.3, 0.4) is 0 Å². The maximum atomic E-state index is 6.15. The van der Waals surface area contributed by atoms with Gasteiger partial charge in [-0.15, -0.1) is 0 Å². The van der Waals surface area contributed by atoms with E-state index in [1.807, 2.05) is 36.4 Å².